The Morgan fingerprint density at radius 2 is 1.14 bits per heavy atom. The molecular formula is C42H33NS. The van der Waals surface area contributed by atoms with Gasteiger partial charge in [0.1, 0.15) is 0 Å². The molecule has 0 spiro atoms. The van der Waals surface area contributed by atoms with Gasteiger partial charge in [-0.1, -0.05) is 127 Å². The van der Waals surface area contributed by atoms with Crippen LogP contribution in [0.2, 0.25) is 0 Å². The van der Waals surface area contributed by atoms with E-state index in [1.807, 2.05) is 0 Å². The van der Waals surface area contributed by atoms with Crippen LogP contribution in [0.15, 0.2) is 168 Å². The molecule has 0 saturated heterocycles. The van der Waals surface area contributed by atoms with Gasteiger partial charge in [-0.2, -0.15) is 0 Å². The average Bonchev–Trinajstić information content (AvgIpc) is 3.10. The fourth-order valence-electron chi connectivity index (χ4n) is 5.90. The van der Waals surface area contributed by atoms with Gasteiger partial charge in [0.25, 0.3) is 0 Å². The molecule has 0 radical (unpaired) electrons. The van der Waals surface area contributed by atoms with E-state index in [1.165, 1.54) is 48.7 Å². The Morgan fingerprint density at radius 1 is 0.523 bits per heavy atom. The van der Waals surface area contributed by atoms with Gasteiger partial charge < -0.3 is 0 Å². The highest BCUT2D eigenvalue weighted by Crippen LogP contribution is 2.36. The number of rotatable bonds is 7. The Labute approximate surface area is 264 Å². The number of hydrogen-bond donors (Lipinski definition) is 0. The molecule has 0 bridgehead atoms. The first-order chi connectivity index (χ1) is 21.7. The smallest absolute Gasteiger partial charge is 0.0715 e. The van der Waals surface area contributed by atoms with E-state index in [-0.39, 0.29) is 0 Å². The molecule has 0 N–H and O–H groups in total. The van der Waals surface area contributed by atoms with Crippen molar-refractivity contribution in [3.63, 3.8) is 0 Å². The van der Waals surface area contributed by atoms with Crippen LogP contribution in [0.3, 0.4) is 0 Å². The van der Waals surface area contributed by atoms with Crippen molar-refractivity contribution in [2.24, 2.45) is 0 Å². The van der Waals surface area contributed by atoms with Crippen molar-refractivity contribution in [3.8, 4) is 44.8 Å². The van der Waals surface area contributed by atoms with E-state index < -0.39 is 0 Å². The lowest BCUT2D eigenvalue weighted by Gasteiger charge is -2.15. The molecule has 7 rings (SSSR count). The molecule has 0 unspecified atom stereocenters. The summed E-state index contributed by atoms with van der Waals surface area (Å²) in [5.74, 6) is 0. The van der Waals surface area contributed by atoms with Crippen molar-refractivity contribution in [2.45, 2.75) is 29.6 Å². The minimum absolute atomic E-state index is 0.999. The molecule has 2 heteroatoms. The third-order valence-electron chi connectivity index (χ3n) is 8.23. The highest BCUT2D eigenvalue weighted by Gasteiger charge is 2.13. The molecule has 0 amide bonds. The van der Waals surface area contributed by atoms with Gasteiger partial charge in [-0.3, -0.25) is 0 Å². The third-order valence-corrected chi connectivity index (χ3v) is 9.24. The summed E-state index contributed by atoms with van der Waals surface area (Å²) in [6.07, 6.45) is 8.78. The lowest BCUT2D eigenvalue weighted by Crippen LogP contribution is -1.95. The van der Waals surface area contributed by atoms with Crippen LogP contribution < -0.4 is 0 Å². The number of allylic oxidation sites excluding steroid dienone is 4. The van der Waals surface area contributed by atoms with Crippen molar-refractivity contribution in [1.29, 1.82) is 0 Å². The van der Waals surface area contributed by atoms with Crippen LogP contribution in [0.4, 0.5) is 0 Å². The van der Waals surface area contributed by atoms with Gasteiger partial charge in [0.05, 0.1) is 11.4 Å². The van der Waals surface area contributed by atoms with E-state index in [1.54, 1.807) is 11.8 Å². The first kappa shape index (κ1) is 27.9. The minimum atomic E-state index is 0.999. The molecular weight excluding hydrogens is 551 g/mol. The van der Waals surface area contributed by atoms with Crippen molar-refractivity contribution in [2.75, 3.05) is 0 Å². The maximum absolute atomic E-state index is 5.18. The molecule has 212 valence electrons. The Hall–Kier alpha value is -4.92. The highest BCUT2D eigenvalue weighted by molar-refractivity contribution is 7.99. The molecule has 6 aromatic rings. The van der Waals surface area contributed by atoms with E-state index in [0.29, 0.717) is 0 Å². The van der Waals surface area contributed by atoms with Gasteiger partial charge in [-0.05, 0) is 101 Å². The topological polar surface area (TPSA) is 12.9 Å². The number of nitrogens with zero attached hydrogens (tertiary/aromatic N) is 1. The third kappa shape index (κ3) is 6.08. The van der Waals surface area contributed by atoms with Crippen LogP contribution in [-0.4, -0.2) is 4.98 Å². The van der Waals surface area contributed by atoms with E-state index >= 15 is 0 Å². The Kier molecular flexibility index (Phi) is 8.08. The molecule has 1 nitrogen and oxygen atoms in total. The van der Waals surface area contributed by atoms with Crippen molar-refractivity contribution < 1.29 is 0 Å². The molecule has 1 heterocycles. The average molecular weight is 584 g/mol. The standard InChI is InChI=1S/C42H33NS/c1-30-39(32-23-25-38(26-24-32)44-37-19-9-4-10-20-37)21-12-22-40(30)34-17-11-18-35(27-34)42-29-36(31-13-5-2-6-14-31)28-41(43-42)33-15-7-3-8-16-33/h2-5,7-13,15-29H,6,14H2,1H3. The maximum Gasteiger partial charge on any atom is 0.0715 e. The summed E-state index contributed by atoms with van der Waals surface area (Å²) in [5.41, 5.74) is 13.1. The summed E-state index contributed by atoms with van der Waals surface area (Å²) in [6.45, 7) is 2.24. The van der Waals surface area contributed by atoms with Gasteiger partial charge in [-0.15, -0.1) is 0 Å². The zero-order chi connectivity index (χ0) is 29.7. The molecule has 1 aliphatic carbocycles. The number of aromatic nitrogens is 1. The van der Waals surface area contributed by atoms with Gasteiger partial charge in [0.2, 0.25) is 0 Å². The summed E-state index contributed by atoms with van der Waals surface area (Å²) < 4.78 is 0. The molecule has 44 heavy (non-hydrogen) atoms. The van der Waals surface area contributed by atoms with Crippen LogP contribution >= 0.6 is 11.8 Å². The fourth-order valence-corrected chi connectivity index (χ4v) is 6.74. The van der Waals surface area contributed by atoms with Crippen LogP contribution in [0.1, 0.15) is 24.0 Å². The van der Waals surface area contributed by atoms with E-state index in [9.17, 15) is 0 Å². The maximum atomic E-state index is 5.18. The largest absolute Gasteiger partial charge is 0.248 e. The molecule has 1 aromatic heterocycles. The number of pyridine rings is 1. The zero-order valence-corrected chi connectivity index (χ0v) is 25.6. The predicted molar refractivity (Wildman–Crippen MR) is 188 cm³/mol. The first-order valence-corrected chi connectivity index (χ1v) is 16.0. The van der Waals surface area contributed by atoms with Gasteiger partial charge in [0.15, 0.2) is 0 Å². The van der Waals surface area contributed by atoms with Gasteiger partial charge in [0, 0.05) is 20.9 Å². The second-order valence-electron chi connectivity index (χ2n) is 11.1. The van der Waals surface area contributed by atoms with Crippen LogP contribution in [0.25, 0.3) is 50.3 Å². The summed E-state index contributed by atoms with van der Waals surface area (Å²) >= 11 is 1.79. The SMILES string of the molecule is Cc1c(-c2ccc(Sc3ccccc3)cc2)cccc1-c1cccc(-c2cc(C3=CC=CCC3)cc(-c3ccccc3)n2)c1. The molecule has 0 saturated carbocycles. The predicted octanol–water partition coefficient (Wildman–Crippen LogP) is 11.9. The van der Waals surface area contributed by atoms with E-state index in [4.69, 9.17) is 4.98 Å². The molecule has 0 atom stereocenters. The van der Waals surface area contributed by atoms with Gasteiger partial charge >= 0.3 is 0 Å². The van der Waals surface area contributed by atoms with Gasteiger partial charge in [-0.25, -0.2) is 4.98 Å². The van der Waals surface area contributed by atoms with Crippen molar-refractivity contribution in [1.82, 2.24) is 4.98 Å². The molecule has 0 fully saturated rings. The second-order valence-corrected chi connectivity index (χ2v) is 12.3. The monoisotopic (exact) mass is 583 g/mol. The lowest BCUT2D eigenvalue weighted by atomic mass is 9.91. The summed E-state index contributed by atoms with van der Waals surface area (Å²) in [5, 5.41) is 0. The van der Waals surface area contributed by atoms with Crippen LogP contribution in [0, 0.1) is 6.92 Å². The Balaban J connectivity index is 1.23. The summed E-state index contributed by atoms with van der Waals surface area (Å²) in [7, 11) is 0. The van der Waals surface area contributed by atoms with Crippen LogP contribution in [-0.2, 0) is 0 Å². The molecule has 5 aromatic carbocycles. The van der Waals surface area contributed by atoms with E-state index in [0.717, 1.165) is 35.4 Å². The minimum Gasteiger partial charge on any atom is -0.248 e. The Morgan fingerprint density at radius 3 is 1.86 bits per heavy atom. The van der Waals surface area contributed by atoms with Crippen molar-refractivity contribution in [3.05, 3.63) is 169 Å². The van der Waals surface area contributed by atoms with Crippen molar-refractivity contribution >= 4 is 17.3 Å². The van der Waals surface area contributed by atoms with Crippen LogP contribution in [0.5, 0.6) is 0 Å². The molecule has 1 aliphatic rings. The molecule has 0 aliphatic heterocycles. The summed E-state index contributed by atoms with van der Waals surface area (Å²) in [4.78, 5) is 7.68. The zero-order valence-electron chi connectivity index (χ0n) is 24.8. The highest BCUT2D eigenvalue weighted by atomic mass is 32.2. The number of hydrogen-bond acceptors (Lipinski definition) is 2. The lowest BCUT2D eigenvalue weighted by molar-refractivity contribution is 1.05. The second kappa shape index (κ2) is 12.8. The fraction of sp³-hybridized carbons (Fsp3) is 0.0714. The van der Waals surface area contributed by atoms with E-state index in [2.05, 4.69) is 165 Å². The number of benzene rings is 5. The summed E-state index contributed by atoms with van der Waals surface area (Å²) in [6, 6.07) is 49.9. The quantitative estimate of drug-likeness (QED) is 0.185. The normalized spacial score (nSPS) is 12.6. The Bertz CT molecular complexity index is 1970. The first-order valence-electron chi connectivity index (χ1n) is 15.2.